The van der Waals surface area contributed by atoms with Crippen molar-refractivity contribution in [1.82, 2.24) is 4.72 Å². The number of hydrogen-bond donors (Lipinski definition) is 2. The normalized spacial score (nSPS) is 29.3. The SMILES string of the molecule is C[I-]S(=O)(=O)NCC1CCCC(O)C1. The van der Waals surface area contributed by atoms with E-state index in [4.69, 9.17) is 0 Å². The fourth-order valence-electron chi connectivity index (χ4n) is 1.72. The molecule has 0 aromatic heterocycles. The second-order valence-corrected chi connectivity index (χ2v) is 11.2. The first-order valence-electron chi connectivity index (χ1n) is 4.72. The molecule has 0 saturated heterocycles. The summed E-state index contributed by atoms with van der Waals surface area (Å²) in [6.45, 7) is 0.507. The molecule has 1 aliphatic rings. The second kappa shape index (κ2) is 5.62. The molecule has 0 heterocycles. The van der Waals surface area contributed by atoms with Crippen LogP contribution in [0.4, 0.5) is 0 Å². The summed E-state index contributed by atoms with van der Waals surface area (Å²) in [6.07, 6.45) is 3.42. The van der Waals surface area contributed by atoms with Gasteiger partial charge in [0.25, 0.3) is 0 Å². The molecule has 0 radical (unpaired) electrons. The van der Waals surface area contributed by atoms with Crippen molar-refractivity contribution in [2.24, 2.45) is 5.92 Å². The van der Waals surface area contributed by atoms with E-state index in [1.54, 1.807) is 4.93 Å². The Morgan fingerprint density at radius 3 is 2.79 bits per heavy atom. The predicted molar refractivity (Wildman–Crippen MR) is 50.8 cm³/mol. The zero-order chi connectivity index (χ0) is 10.6. The zero-order valence-electron chi connectivity index (χ0n) is 8.24. The molecule has 2 unspecified atom stereocenters. The number of halogens is 1. The van der Waals surface area contributed by atoms with E-state index >= 15 is 0 Å². The van der Waals surface area contributed by atoms with Crippen LogP contribution >= 0.6 is 0 Å². The minimum absolute atomic E-state index is 0.227. The van der Waals surface area contributed by atoms with Gasteiger partial charge < -0.3 is 0 Å². The second-order valence-electron chi connectivity index (χ2n) is 3.63. The summed E-state index contributed by atoms with van der Waals surface area (Å²) in [6, 6.07) is 0. The van der Waals surface area contributed by atoms with Crippen LogP contribution in [0.2, 0.25) is 0 Å². The molecule has 0 spiro atoms. The van der Waals surface area contributed by atoms with E-state index in [-0.39, 0.29) is 6.10 Å². The van der Waals surface area contributed by atoms with Crippen molar-refractivity contribution >= 4 is 7.19 Å². The van der Waals surface area contributed by atoms with Crippen molar-refractivity contribution in [3.8, 4) is 0 Å². The third-order valence-corrected chi connectivity index (χ3v) is 7.83. The summed E-state index contributed by atoms with van der Waals surface area (Å²) in [5, 5.41) is 9.40. The van der Waals surface area contributed by atoms with E-state index < -0.39 is 27.0 Å². The average Bonchev–Trinajstić information content (AvgIpc) is 2.15. The van der Waals surface area contributed by atoms with E-state index in [0.29, 0.717) is 12.5 Å². The number of rotatable bonds is 4. The van der Waals surface area contributed by atoms with E-state index in [1.165, 1.54) is 0 Å². The Bertz CT molecular complexity index is 268. The van der Waals surface area contributed by atoms with Crippen LogP contribution in [0.25, 0.3) is 0 Å². The van der Waals surface area contributed by atoms with E-state index in [0.717, 1.165) is 25.7 Å². The van der Waals surface area contributed by atoms with Crippen LogP contribution in [-0.2, 0) is 7.19 Å². The summed E-state index contributed by atoms with van der Waals surface area (Å²) in [5.41, 5.74) is 0. The Morgan fingerprint density at radius 2 is 2.21 bits per heavy atom. The summed E-state index contributed by atoms with van der Waals surface area (Å²) in [7, 11) is -2.96. The topological polar surface area (TPSA) is 66.4 Å². The van der Waals surface area contributed by atoms with Gasteiger partial charge in [0.15, 0.2) is 0 Å². The molecular formula is C8H17INO3S-. The quantitative estimate of drug-likeness (QED) is 0.329. The Balaban J connectivity index is 2.31. The first-order valence-corrected chi connectivity index (χ1v) is 10.9. The molecule has 4 nitrogen and oxygen atoms in total. The van der Waals surface area contributed by atoms with Crippen molar-refractivity contribution in [2.45, 2.75) is 31.8 Å². The third kappa shape index (κ3) is 4.41. The number of alkyl halides is 1. The van der Waals surface area contributed by atoms with Gasteiger partial charge in [-0.2, -0.15) is 0 Å². The Kier molecular flexibility index (Phi) is 5.09. The molecule has 2 N–H and O–H groups in total. The van der Waals surface area contributed by atoms with Crippen LogP contribution < -0.4 is 24.5 Å². The standard InChI is InChI=1S/C8H17INO3S/c1-9-14(12,13)10-6-7-3-2-4-8(11)5-7/h7-8,10-11H,2-6H2,1H3/q-1. The average molecular weight is 334 g/mol. The van der Waals surface area contributed by atoms with Crippen LogP contribution in [0.15, 0.2) is 0 Å². The van der Waals surface area contributed by atoms with Gasteiger partial charge in [0, 0.05) is 0 Å². The van der Waals surface area contributed by atoms with Gasteiger partial charge in [-0.25, -0.2) is 0 Å². The molecule has 14 heavy (non-hydrogen) atoms. The summed E-state index contributed by atoms with van der Waals surface area (Å²) < 4.78 is 25.0. The van der Waals surface area contributed by atoms with Crippen molar-refractivity contribution in [2.75, 3.05) is 11.5 Å². The fraction of sp³-hybridized carbons (Fsp3) is 1.00. The molecule has 0 aromatic carbocycles. The van der Waals surface area contributed by atoms with Crippen LogP contribution in [0.5, 0.6) is 0 Å². The summed E-state index contributed by atoms with van der Waals surface area (Å²) in [4.78, 5) is 1.73. The van der Waals surface area contributed by atoms with Gasteiger partial charge in [0.05, 0.1) is 0 Å². The first-order chi connectivity index (χ1) is 6.53. The molecule has 1 rings (SSSR count). The molecule has 1 fully saturated rings. The minimum atomic E-state index is -2.96. The van der Waals surface area contributed by atoms with Crippen LogP contribution in [-0.4, -0.2) is 31.1 Å². The van der Waals surface area contributed by atoms with Crippen LogP contribution in [0, 0.1) is 5.92 Å². The van der Waals surface area contributed by atoms with Crippen LogP contribution in [0.1, 0.15) is 25.7 Å². The number of nitrogens with one attached hydrogen (secondary N) is 1. The molecule has 1 saturated carbocycles. The third-order valence-electron chi connectivity index (χ3n) is 2.50. The molecule has 2 atom stereocenters. The van der Waals surface area contributed by atoms with Crippen LogP contribution in [0.3, 0.4) is 0 Å². The van der Waals surface area contributed by atoms with Crippen molar-refractivity contribution in [3.63, 3.8) is 0 Å². The van der Waals surface area contributed by atoms with Crippen molar-refractivity contribution < 1.29 is 33.3 Å². The number of hydrogen-bond acceptors (Lipinski definition) is 3. The predicted octanol–water partition coefficient (Wildman–Crippen LogP) is -2.91. The van der Waals surface area contributed by atoms with Gasteiger partial charge in [0.1, 0.15) is 0 Å². The van der Waals surface area contributed by atoms with Crippen molar-refractivity contribution in [3.05, 3.63) is 0 Å². The molecular weight excluding hydrogens is 317 g/mol. The Labute approximate surface area is 94.2 Å². The number of aliphatic hydroxyl groups excluding tert-OH is 1. The van der Waals surface area contributed by atoms with Gasteiger partial charge in [0.2, 0.25) is 0 Å². The summed E-state index contributed by atoms with van der Waals surface area (Å²) >= 11 is -0.781. The van der Waals surface area contributed by atoms with Gasteiger partial charge in [-0.05, 0) is 0 Å². The van der Waals surface area contributed by atoms with E-state index in [1.807, 2.05) is 0 Å². The fourth-order valence-corrected chi connectivity index (χ4v) is 3.74. The van der Waals surface area contributed by atoms with E-state index in [2.05, 4.69) is 4.72 Å². The Hall–Kier alpha value is 0.600. The maximum absolute atomic E-state index is 11.2. The molecule has 0 aliphatic heterocycles. The van der Waals surface area contributed by atoms with E-state index in [9.17, 15) is 13.5 Å². The number of aliphatic hydroxyl groups is 1. The van der Waals surface area contributed by atoms with Gasteiger partial charge in [-0.1, -0.05) is 0 Å². The van der Waals surface area contributed by atoms with Gasteiger partial charge >= 0.3 is 94.4 Å². The maximum atomic E-state index is 11.2. The monoisotopic (exact) mass is 334 g/mol. The van der Waals surface area contributed by atoms with Gasteiger partial charge in [-0.15, -0.1) is 0 Å². The zero-order valence-corrected chi connectivity index (χ0v) is 11.2. The molecule has 86 valence electrons. The first kappa shape index (κ1) is 12.7. The molecule has 6 heteroatoms. The summed E-state index contributed by atoms with van der Waals surface area (Å²) in [5.74, 6) is 0.323. The molecule has 0 aromatic rings. The van der Waals surface area contributed by atoms with Gasteiger partial charge in [-0.3, -0.25) is 0 Å². The molecule has 0 bridgehead atoms. The molecule has 0 amide bonds. The Morgan fingerprint density at radius 1 is 1.50 bits per heavy atom. The van der Waals surface area contributed by atoms with Crippen molar-refractivity contribution in [1.29, 1.82) is 0 Å². The molecule has 1 aliphatic carbocycles.